The first-order valence-electron chi connectivity index (χ1n) is 5.31. The van der Waals surface area contributed by atoms with E-state index in [-0.39, 0.29) is 12.3 Å². The van der Waals surface area contributed by atoms with Gasteiger partial charge in [-0.3, -0.25) is 9.59 Å². The first-order chi connectivity index (χ1) is 6.99. The number of carbonyl (C=O) groups excluding carboxylic acids is 2. The van der Waals surface area contributed by atoms with Crippen LogP contribution in [0.15, 0.2) is 0 Å². The number of nitrogens with one attached hydrogen (secondary N) is 1. The molecule has 1 atom stereocenters. The highest BCUT2D eigenvalue weighted by molar-refractivity contribution is 5.87. The van der Waals surface area contributed by atoms with Crippen molar-refractivity contribution in [3.63, 3.8) is 0 Å². The molecule has 1 fully saturated rings. The zero-order valence-corrected chi connectivity index (χ0v) is 9.08. The summed E-state index contributed by atoms with van der Waals surface area (Å²) >= 11 is 0. The van der Waals surface area contributed by atoms with E-state index in [0.29, 0.717) is 12.0 Å². The summed E-state index contributed by atoms with van der Waals surface area (Å²) in [4.78, 5) is 22.0. The lowest BCUT2D eigenvalue weighted by molar-refractivity contribution is -0.126. The number of hydrogen-bond donors (Lipinski definition) is 3. The molecule has 5 heteroatoms. The van der Waals surface area contributed by atoms with E-state index in [4.69, 9.17) is 11.5 Å². The Morgan fingerprint density at radius 3 is 2.47 bits per heavy atom. The SMILES string of the molecule is CCC1(CNC(=O)C(N)CC(N)=O)CC1. The quantitative estimate of drug-likeness (QED) is 0.554. The van der Waals surface area contributed by atoms with Gasteiger partial charge in [-0.25, -0.2) is 0 Å². The van der Waals surface area contributed by atoms with Crippen molar-refractivity contribution in [2.45, 2.75) is 38.6 Å². The molecule has 1 unspecified atom stereocenters. The van der Waals surface area contributed by atoms with Crippen LogP contribution in [-0.2, 0) is 9.59 Å². The summed E-state index contributed by atoms with van der Waals surface area (Å²) in [6, 6.07) is -0.810. The average Bonchev–Trinajstić information content (AvgIpc) is 2.94. The Morgan fingerprint density at radius 1 is 1.47 bits per heavy atom. The lowest BCUT2D eigenvalue weighted by Gasteiger charge is -2.15. The molecule has 0 radical (unpaired) electrons. The highest BCUT2D eigenvalue weighted by atomic mass is 16.2. The highest BCUT2D eigenvalue weighted by Crippen LogP contribution is 2.47. The number of rotatable bonds is 6. The van der Waals surface area contributed by atoms with Crippen molar-refractivity contribution in [1.29, 1.82) is 0 Å². The van der Waals surface area contributed by atoms with E-state index in [1.807, 2.05) is 0 Å². The van der Waals surface area contributed by atoms with Gasteiger partial charge in [0.15, 0.2) is 0 Å². The molecule has 0 aromatic heterocycles. The molecule has 0 aromatic rings. The molecule has 0 saturated heterocycles. The molecular weight excluding hydrogens is 194 g/mol. The molecule has 5 N–H and O–H groups in total. The van der Waals surface area contributed by atoms with Gasteiger partial charge in [-0.05, 0) is 24.7 Å². The number of amides is 2. The first-order valence-corrected chi connectivity index (χ1v) is 5.31. The van der Waals surface area contributed by atoms with Crippen LogP contribution in [0.25, 0.3) is 0 Å². The van der Waals surface area contributed by atoms with E-state index < -0.39 is 11.9 Å². The van der Waals surface area contributed by atoms with Crippen LogP contribution in [0.3, 0.4) is 0 Å². The molecule has 5 nitrogen and oxygen atoms in total. The second-order valence-corrected chi connectivity index (χ2v) is 4.35. The van der Waals surface area contributed by atoms with Gasteiger partial charge < -0.3 is 16.8 Å². The molecule has 0 aliphatic heterocycles. The third kappa shape index (κ3) is 3.51. The largest absolute Gasteiger partial charge is 0.370 e. The van der Waals surface area contributed by atoms with Gasteiger partial charge in [0.1, 0.15) is 0 Å². The second kappa shape index (κ2) is 4.61. The van der Waals surface area contributed by atoms with Gasteiger partial charge >= 0.3 is 0 Å². The van der Waals surface area contributed by atoms with Crippen molar-refractivity contribution in [2.24, 2.45) is 16.9 Å². The summed E-state index contributed by atoms with van der Waals surface area (Å²) in [5, 5.41) is 2.77. The fraction of sp³-hybridized carbons (Fsp3) is 0.800. The summed E-state index contributed by atoms with van der Waals surface area (Å²) in [5.74, 6) is -0.831. The van der Waals surface area contributed by atoms with Crippen molar-refractivity contribution in [3.8, 4) is 0 Å². The molecule has 86 valence electrons. The van der Waals surface area contributed by atoms with E-state index in [0.717, 1.165) is 19.3 Å². The summed E-state index contributed by atoms with van der Waals surface area (Å²) in [5.41, 5.74) is 10.7. The molecule has 1 aliphatic rings. The Morgan fingerprint density at radius 2 is 2.07 bits per heavy atom. The molecular formula is C10H19N3O2. The predicted octanol–water partition coefficient (Wildman–Crippen LogP) is -0.504. The normalized spacial score (nSPS) is 19.3. The monoisotopic (exact) mass is 213 g/mol. The van der Waals surface area contributed by atoms with Gasteiger partial charge in [0.25, 0.3) is 0 Å². The predicted molar refractivity (Wildman–Crippen MR) is 56.8 cm³/mol. The van der Waals surface area contributed by atoms with Crippen molar-refractivity contribution in [2.75, 3.05) is 6.54 Å². The standard InChI is InChI=1S/C10H19N3O2/c1-2-10(3-4-10)6-13-9(15)7(11)5-8(12)14/h7H,2-6,11H2,1H3,(H2,12,14)(H,13,15). The molecule has 0 heterocycles. The van der Waals surface area contributed by atoms with Crippen LogP contribution in [0.4, 0.5) is 0 Å². The smallest absolute Gasteiger partial charge is 0.237 e. The minimum absolute atomic E-state index is 0.0923. The van der Waals surface area contributed by atoms with Crippen molar-refractivity contribution >= 4 is 11.8 Å². The number of carbonyl (C=O) groups is 2. The lowest BCUT2D eigenvalue weighted by atomic mass is 10.0. The van der Waals surface area contributed by atoms with Crippen LogP contribution < -0.4 is 16.8 Å². The van der Waals surface area contributed by atoms with Crippen LogP contribution in [-0.4, -0.2) is 24.4 Å². The zero-order chi connectivity index (χ0) is 11.5. The molecule has 15 heavy (non-hydrogen) atoms. The summed E-state index contributed by atoms with van der Waals surface area (Å²) in [7, 11) is 0. The van der Waals surface area contributed by atoms with Crippen molar-refractivity contribution < 1.29 is 9.59 Å². The van der Waals surface area contributed by atoms with Crippen LogP contribution in [0.2, 0.25) is 0 Å². The van der Waals surface area contributed by atoms with Gasteiger partial charge in [-0.15, -0.1) is 0 Å². The molecule has 2 amide bonds. The van der Waals surface area contributed by atoms with Gasteiger partial charge in [0.2, 0.25) is 11.8 Å². The Bertz CT molecular complexity index is 261. The minimum Gasteiger partial charge on any atom is -0.370 e. The van der Waals surface area contributed by atoms with Gasteiger partial charge in [-0.2, -0.15) is 0 Å². The number of hydrogen-bond acceptors (Lipinski definition) is 3. The maximum absolute atomic E-state index is 11.4. The van der Waals surface area contributed by atoms with E-state index in [9.17, 15) is 9.59 Å². The fourth-order valence-electron chi connectivity index (χ4n) is 1.55. The van der Waals surface area contributed by atoms with Gasteiger partial charge in [0, 0.05) is 6.54 Å². The average molecular weight is 213 g/mol. The van der Waals surface area contributed by atoms with Gasteiger partial charge in [0.05, 0.1) is 12.5 Å². The summed E-state index contributed by atoms with van der Waals surface area (Å²) in [6.45, 7) is 2.78. The van der Waals surface area contributed by atoms with E-state index in [1.165, 1.54) is 0 Å². The molecule has 0 spiro atoms. The molecule has 0 aromatic carbocycles. The number of nitrogens with two attached hydrogens (primary N) is 2. The van der Waals surface area contributed by atoms with Crippen molar-refractivity contribution in [1.82, 2.24) is 5.32 Å². The zero-order valence-electron chi connectivity index (χ0n) is 9.08. The van der Waals surface area contributed by atoms with E-state index in [1.54, 1.807) is 0 Å². The van der Waals surface area contributed by atoms with Gasteiger partial charge in [-0.1, -0.05) is 6.92 Å². The molecule has 1 rings (SSSR count). The Kier molecular flexibility index (Phi) is 3.68. The molecule has 1 aliphatic carbocycles. The summed E-state index contributed by atoms with van der Waals surface area (Å²) < 4.78 is 0. The summed E-state index contributed by atoms with van der Waals surface area (Å²) in [6.07, 6.45) is 3.30. The molecule has 1 saturated carbocycles. The Balaban J connectivity index is 2.26. The fourth-order valence-corrected chi connectivity index (χ4v) is 1.55. The lowest BCUT2D eigenvalue weighted by Crippen LogP contribution is -2.44. The van der Waals surface area contributed by atoms with Crippen LogP contribution >= 0.6 is 0 Å². The van der Waals surface area contributed by atoms with Crippen LogP contribution in [0, 0.1) is 5.41 Å². The maximum Gasteiger partial charge on any atom is 0.237 e. The molecule has 0 bridgehead atoms. The second-order valence-electron chi connectivity index (χ2n) is 4.35. The highest BCUT2D eigenvalue weighted by Gasteiger charge is 2.40. The van der Waals surface area contributed by atoms with Crippen LogP contribution in [0.1, 0.15) is 32.6 Å². The third-order valence-corrected chi connectivity index (χ3v) is 3.10. The topological polar surface area (TPSA) is 98.2 Å². The van der Waals surface area contributed by atoms with E-state index >= 15 is 0 Å². The third-order valence-electron chi connectivity index (χ3n) is 3.10. The van der Waals surface area contributed by atoms with E-state index in [2.05, 4.69) is 12.2 Å². The number of primary amides is 1. The first kappa shape index (κ1) is 12.0. The Labute approximate surface area is 89.6 Å². The minimum atomic E-state index is -0.810. The maximum atomic E-state index is 11.4. The van der Waals surface area contributed by atoms with Crippen LogP contribution in [0.5, 0.6) is 0 Å². The Hall–Kier alpha value is -1.10. The van der Waals surface area contributed by atoms with Crippen molar-refractivity contribution in [3.05, 3.63) is 0 Å².